The minimum absolute atomic E-state index is 0.00512. The zero-order valence-electron chi connectivity index (χ0n) is 24.3. The summed E-state index contributed by atoms with van der Waals surface area (Å²) in [6.07, 6.45) is 23.1. The smallest absolute Gasteiger partial charge is 0.434 e. The molecule has 4 rings (SSSR count). The fraction of sp³-hybridized carbons (Fsp3) is 0.909. The van der Waals surface area contributed by atoms with Gasteiger partial charge in [-0.15, -0.1) is 0 Å². The van der Waals surface area contributed by atoms with Gasteiger partial charge in [-0.2, -0.15) is 0 Å². The van der Waals surface area contributed by atoms with Gasteiger partial charge >= 0.3 is 6.16 Å². The van der Waals surface area contributed by atoms with E-state index >= 15 is 0 Å². The van der Waals surface area contributed by atoms with Gasteiger partial charge in [0, 0.05) is 6.42 Å². The van der Waals surface area contributed by atoms with Gasteiger partial charge in [-0.05, 0) is 98.2 Å². The van der Waals surface area contributed by atoms with Crippen molar-refractivity contribution < 1.29 is 14.3 Å². The molecule has 0 aliphatic heterocycles. The molecule has 0 saturated heterocycles. The van der Waals surface area contributed by atoms with Crippen LogP contribution in [0.2, 0.25) is 0 Å². The van der Waals surface area contributed by atoms with Crippen LogP contribution >= 0.6 is 0 Å². The molecule has 0 unspecified atom stereocenters. The van der Waals surface area contributed by atoms with E-state index in [9.17, 15) is 4.79 Å². The summed E-state index contributed by atoms with van der Waals surface area (Å²) in [6.45, 7) is 12.3. The van der Waals surface area contributed by atoms with Gasteiger partial charge in [-0.25, -0.2) is 4.79 Å². The average Bonchev–Trinajstić information content (AvgIpc) is 3.17. The predicted octanol–water partition coefficient (Wildman–Crippen LogP) is 9.88. The van der Waals surface area contributed by atoms with Crippen LogP contribution in [0, 0.1) is 40.4 Å². The molecule has 0 aromatic rings. The molecule has 0 aromatic heterocycles. The van der Waals surface area contributed by atoms with E-state index in [4.69, 9.17) is 9.47 Å². The lowest BCUT2D eigenvalue weighted by atomic mass is 9.47. The monoisotopic (exact) mass is 500 g/mol. The normalized spacial score (nSPS) is 37.6. The summed E-state index contributed by atoms with van der Waals surface area (Å²) >= 11 is 0. The Labute approximate surface area is 222 Å². The van der Waals surface area contributed by atoms with Crippen LogP contribution in [-0.2, 0) is 9.47 Å². The van der Waals surface area contributed by atoms with Crippen molar-refractivity contribution in [3.8, 4) is 0 Å². The maximum absolute atomic E-state index is 12.2. The Morgan fingerprint density at radius 1 is 1.00 bits per heavy atom. The second kappa shape index (κ2) is 12.2. The number of fused-ring (bicyclic) bond motifs is 5. The molecule has 0 amide bonds. The van der Waals surface area contributed by atoms with Crippen molar-refractivity contribution in [1.82, 2.24) is 0 Å². The third kappa shape index (κ3) is 6.01. The number of allylic oxidation sites excluding steroid dienone is 1. The minimum Gasteiger partial charge on any atom is -0.434 e. The first-order valence-corrected chi connectivity index (χ1v) is 15.8. The summed E-state index contributed by atoms with van der Waals surface area (Å²) in [5.41, 5.74) is 2.47. The van der Waals surface area contributed by atoms with E-state index < -0.39 is 6.16 Å². The molecule has 4 aliphatic rings. The van der Waals surface area contributed by atoms with Gasteiger partial charge in [-0.1, -0.05) is 84.8 Å². The molecule has 3 fully saturated rings. The molecule has 0 aromatic carbocycles. The van der Waals surface area contributed by atoms with Crippen molar-refractivity contribution in [2.45, 2.75) is 143 Å². The average molecular weight is 501 g/mol. The fourth-order valence-electron chi connectivity index (χ4n) is 9.03. The van der Waals surface area contributed by atoms with Crippen LogP contribution in [0.3, 0.4) is 0 Å². The van der Waals surface area contributed by atoms with Gasteiger partial charge in [0.05, 0.1) is 6.61 Å². The number of carbonyl (C=O) groups is 1. The molecule has 0 radical (unpaired) electrons. The van der Waals surface area contributed by atoms with Crippen LogP contribution in [0.25, 0.3) is 0 Å². The van der Waals surface area contributed by atoms with Gasteiger partial charge in [0.2, 0.25) is 0 Å². The largest absolute Gasteiger partial charge is 0.508 e. The molecule has 0 N–H and O–H groups in total. The Bertz CT molecular complexity index is 756. The zero-order valence-corrected chi connectivity index (χ0v) is 24.3. The quantitative estimate of drug-likeness (QED) is 0.161. The Hall–Kier alpha value is -0.990. The lowest BCUT2D eigenvalue weighted by Gasteiger charge is -2.58. The maximum Gasteiger partial charge on any atom is 0.508 e. The highest BCUT2D eigenvalue weighted by atomic mass is 16.7. The first kappa shape index (κ1) is 28.0. The first-order valence-electron chi connectivity index (χ1n) is 15.8. The van der Waals surface area contributed by atoms with E-state index in [0.717, 1.165) is 49.4 Å². The van der Waals surface area contributed by atoms with E-state index in [1.807, 2.05) is 0 Å². The third-order valence-electron chi connectivity index (χ3n) is 11.3. The maximum atomic E-state index is 12.2. The molecule has 3 saturated carbocycles. The summed E-state index contributed by atoms with van der Waals surface area (Å²) in [5, 5.41) is 0. The van der Waals surface area contributed by atoms with Crippen LogP contribution in [0.15, 0.2) is 11.6 Å². The van der Waals surface area contributed by atoms with Gasteiger partial charge in [-0.3, -0.25) is 0 Å². The fourth-order valence-corrected chi connectivity index (χ4v) is 9.03. The van der Waals surface area contributed by atoms with Gasteiger partial charge in [0.1, 0.15) is 6.10 Å². The van der Waals surface area contributed by atoms with E-state index in [1.54, 1.807) is 5.57 Å². The number of rotatable bonds is 11. The summed E-state index contributed by atoms with van der Waals surface area (Å²) in [4.78, 5) is 12.2. The zero-order chi connectivity index (χ0) is 25.8. The number of hydrogen-bond acceptors (Lipinski definition) is 3. The van der Waals surface area contributed by atoms with E-state index in [2.05, 4.69) is 40.7 Å². The second-order valence-electron chi connectivity index (χ2n) is 13.9. The summed E-state index contributed by atoms with van der Waals surface area (Å²) < 4.78 is 11.1. The van der Waals surface area contributed by atoms with Gasteiger partial charge in [0.25, 0.3) is 0 Å². The predicted molar refractivity (Wildman–Crippen MR) is 149 cm³/mol. The Morgan fingerprint density at radius 3 is 2.56 bits per heavy atom. The van der Waals surface area contributed by atoms with Crippen LogP contribution in [0.4, 0.5) is 4.79 Å². The Morgan fingerprint density at radius 2 is 1.78 bits per heavy atom. The van der Waals surface area contributed by atoms with Crippen LogP contribution in [0.5, 0.6) is 0 Å². The standard InChI is InChI=1S/C33H56O3/c1-6-7-8-9-10-11-12-25-14-16-29-28-15-13-26-23-27(36-31(34)35-22-19-24(2)3)17-20-33(26,5)30(28)18-21-32(25,29)4/h13,24-25,27-30H,6-12,14-23H2,1-5H3/t25-,27+,28-,29-,30+,32-,33+/m1/s1. The Kier molecular flexibility index (Phi) is 9.54. The molecule has 36 heavy (non-hydrogen) atoms. The van der Waals surface area contributed by atoms with Gasteiger partial charge in [0.15, 0.2) is 0 Å². The van der Waals surface area contributed by atoms with E-state index in [1.165, 1.54) is 77.0 Å². The highest BCUT2D eigenvalue weighted by Crippen LogP contribution is 2.66. The summed E-state index contributed by atoms with van der Waals surface area (Å²) in [6, 6.07) is 0. The number of ether oxygens (including phenoxy) is 2. The number of hydrogen-bond donors (Lipinski definition) is 0. The topological polar surface area (TPSA) is 35.5 Å². The molecule has 0 spiro atoms. The molecule has 3 heteroatoms. The summed E-state index contributed by atoms with van der Waals surface area (Å²) in [7, 11) is 0. The van der Waals surface area contributed by atoms with Gasteiger partial charge < -0.3 is 9.47 Å². The van der Waals surface area contributed by atoms with E-state index in [-0.39, 0.29) is 6.10 Å². The van der Waals surface area contributed by atoms with E-state index in [0.29, 0.717) is 23.4 Å². The minimum atomic E-state index is -0.464. The number of carbonyl (C=O) groups excluding carboxylic acids is 1. The molecule has 4 aliphatic carbocycles. The third-order valence-corrected chi connectivity index (χ3v) is 11.3. The lowest BCUT2D eigenvalue weighted by Crippen LogP contribution is -2.50. The summed E-state index contributed by atoms with van der Waals surface area (Å²) in [5.74, 6) is 4.10. The molecular formula is C33H56O3. The highest BCUT2D eigenvalue weighted by molar-refractivity contribution is 5.60. The highest BCUT2D eigenvalue weighted by Gasteiger charge is 2.58. The van der Waals surface area contributed by atoms with Crippen molar-refractivity contribution >= 4 is 6.16 Å². The molecule has 0 bridgehead atoms. The second-order valence-corrected chi connectivity index (χ2v) is 13.9. The van der Waals surface area contributed by atoms with Crippen molar-refractivity contribution in [2.24, 2.45) is 40.4 Å². The van der Waals surface area contributed by atoms with Crippen molar-refractivity contribution in [2.75, 3.05) is 6.61 Å². The first-order chi connectivity index (χ1) is 17.3. The molecule has 7 atom stereocenters. The van der Waals surface area contributed by atoms with Crippen molar-refractivity contribution in [1.29, 1.82) is 0 Å². The number of unbranched alkanes of at least 4 members (excludes halogenated alkanes) is 5. The SMILES string of the molecule is CCCCCCCC[C@@H]1CC[C@@H]2[C@H]3CC=C4C[C@@H](OC(=O)OCCC(C)C)CC[C@]4(C)[C@H]3CC[C@]12C. The van der Waals surface area contributed by atoms with Crippen molar-refractivity contribution in [3.05, 3.63) is 11.6 Å². The molecular weight excluding hydrogens is 444 g/mol. The van der Waals surface area contributed by atoms with Crippen LogP contribution in [0.1, 0.15) is 137 Å². The molecule has 3 nitrogen and oxygen atoms in total. The van der Waals surface area contributed by atoms with Crippen molar-refractivity contribution in [3.63, 3.8) is 0 Å². The van der Waals surface area contributed by atoms with Crippen LogP contribution < -0.4 is 0 Å². The lowest BCUT2D eigenvalue weighted by molar-refractivity contribution is -0.0564. The Balaban J connectivity index is 1.32. The molecule has 206 valence electrons. The van der Waals surface area contributed by atoms with Crippen LogP contribution in [-0.4, -0.2) is 18.9 Å². The molecule has 0 heterocycles.